The van der Waals surface area contributed by atoms with Gasteiger partial charge in [0.05, 0.1) is 5.92 Å². The zero-order valence-corrected chi connectivity index (χ0v) is 18.2. The highest BCUT2D eigenvalue weighted by Gasteiger charge is 2.41. The number of hydrogen-bond acceptors (Lipinski definition) is 6. The molecule has 2 rings (SSSR count). The molecule has 2 atom stereocenters. The number of anilines is 1. The lowest BCUT2D eigenvalue weighted by atomic mass is 9.97. The van der Waals surface area contributed by atoms with Gasteiger partial charge in [0.2, 0.25) is 23.4 Å². The number of nitrogens with one attached hydrogen (secondary N) is 2. The van der Waals surface area contributed by atoms with Crippen LogP contribution in [0.25, 0.3) is 0 Å². The molecular weight excluding hydrogens is 432 g/mol. The van der Waals surface area contributed by atoms with E-state index in [9.17, 15) is 24.3 Å². The SMILES string of the molecule is NC(=O)CC[C@@](NC(=O)C(CS)Cc1ccccc1)(Nc1ccc(C(N)=O)cc1)C(=O)O. The zero-order chi connectivity index (χ0) is 23.7. The maximum absolute atomic E-state index is 13.0. The molecule has 0 fully saturated rings. The molecule has 10 heteroatoms. The van der Waals surface area contributed by atoms with Crippen LogP contribution in [0.5, 0.6) is 0 Å². The van der Waals surface area contributed by atoms with Gasteiger partial charge in [-0.2, -0.15) is 12.6 Å². The number of carbonyl (C=O) groups is 4. The average molecular weight is 459 g/mol. The molecule has 0 aromatic heterocycles. The smallest absolute Gasteiger partial charge is 0.350 e. The normalized spacial score (nSPS) is 13.4. The molecule has 0 heterocycles. The Kier molecular flexibility index (Phi) is 8.65. The monoisotopic (exact) mass is 458 g/mol. The highest BCUT2D eigenvalue weighted by Crippen LogP contribution is 2.21. The van der Waals surface area contributed by atoms with E-state index in [4.69, 9.17) is 11.5 Å². The summed E-state index contributed by atoms with van der Waals surface area (Å²) in [5.74, 6) is -3.74. The Morgan fingerprint density at radius 1 is 1.00 bits per heavy atom. The van der Waals surface area contributed by atoms with Gasteiger partial charge in [-0.1, -0.05) is 30.3 Å². The molecule has 0 spiro atoms. The second-order valence-corrected chi connectivity index (χ2v) is 7.67. The van der Waals surface area contributed by atoms with Crippen molar-refractivity contribution in [1.29, 1.82) is 0 Å². The van der Waals surface area contributed by atoms with Gasteiger partial charge in [0.15, 0.2) is 0 Å². The number of nitrogens with two attached hydrogens (primary N) is 2. The van der Waals surface area contributed by atoms with Gasteiger partial charge in [0, 0.05) is 29.8 Å². The standard InChI is InChI=1S/C22H26N4O5S/c23-18(27)10-11-22(21(30)31,25-17-8-6-15(7-9-17)19(24)28)26-20(29)16(13-32)12-14-4-2-1-3-5-14/h1-9,16,25,32H,10-13H2,(H2,23,27)(H2,24,28)(H,26,29)(H,30,31)/t16?,22-/m0/s1. The third kappa shape index (κ3) is 6.74. The predicted octanol–water partition coefficient (Wildman–Crippen LogP) is 1.15. The topological polar surface area (TPSA) is 165 Å². The minimum absolute atomic E-state index is 0.180. The fourth-order valence-electron chi connectivity index (χ4n) is 3.10. The number of carboxylic acid groups (broad SMARTS) is 1. The van der Waals surface area contributed by atoms with Crippen molar-refractivity contribution in [2.24, 2.45) is 17.4 Å². The van der Waals surface area contributed by atoms with Gasteiger partial charge in [0.1, 0.15) is 0 Å². The molecule has 0 aliphatic rings. The largest absolute Gasteiger partial charge is 0.478 e. The number of hydrogen-bond donors (Lipinski definition) is 6. The van der Waals surface area contributed by atoms with Crippen molar-refractivity contribution in [3.05, 3.63) is 65.7 Å². The van der Waals surface area contributed by atoms with Crippen molar-refractivity contribution >= 4 is 42.0 Å². The van der Waals surface area contributed by atoms with E-state index >= 15 is 0 Å². The van der Waals surface area contributed by atoms with Crippen LogP contribution in [-0.2, 0) is 20.8 Å². The number of amides is 3. The Balaban J connectivity index is 2.31. The molecule has 0 bridgehead atoms. The summed E-state index contributed by atoms with van der Waals surface area (Å²) in [6, 6.07) is 15.0. The predicted molar refractivity (Wildman–Crippen MR) is 123 cm³/mol. The molecule has 170 valence electrons. The molecule has 0 aliphatic heterocycles. The Hall–Kier alpha value is -3.53. The number of thiol groups is 1. The first-order chi connectivity index (χ1) is 15.2. The van der Waals surface area contributed by atoms with Crippen molar-refractivity contribution in [1.82, 2.24) is 5.32 Å². The molecule has 1 unspecified atom stereocenters. The lowest BCUT2D eigenvalue weighted by Gasteiger charge is -2.33. The van der Waals surface area contributed by atoms with E-state index in [0.29, 0.717) is 12.1 Å². The summed E-state index contributed by atoms with van der Waals surface area (Å²) in [5.41, 5.74) is 9.87. The van der Waals surface area contributed by atoms with E-state index in [-0.39, 0.29) is 24.2 Å². The first-order valence-electron chi connectivity index (χ1n) is 9.83. The number of benzene rings is 2. The van der Waals surface area contributed by atoms with Crippen LogP contribution in [-0.4, -0.2) is 40.2 Å². The summed E-state index contributed by atoms with van der Waals surface area (Å²) >= 11 is 4.25. The Morgan fingerprint density at radius 3 is 2.12 bits per heavy atom. The lowest BCUT2D eigenvalue weighted by Crippen LogP contribution is -2.61. The van der Waals surface area contributed by atoms with Gasteiger partial charge in [0.25, 0.3) is 0 Å². The van der Waals surface area contributed by atoms with E-state index in [1.807, 2.05) is 30.3 Å². The van der Waals surface area contributed by atoms with Crippen LogP contribution in [0.1, 0.15) is 28.8 Å². The lowest BCUT2D eigenvalue weighted by molar-refractivity contribution is -0.147. The average Bonchev–Trinajstić information content (AvgIpc) is 2.76. The van der Waals surface area contributed by atoms with E-state index in [1.165, 1.54) is 24.3 Å². The first kappa shape index (κ1) is 24.7. The fourth-order valence-corrected chi connectivity index (χ4v) is 3.39. The Bertz CT molecular complexity index is 968. The van der Waals surface area contributed by atoms with Gasteiger partial charge in [-0.15, -0.1) is 0 Å². The third-order valence-corrected chi connectivity index (χ3v) is 5.33. The molecule has 9 nitrogen and oxygen atoms in total. The van der Waals surface area contributed by atoms with Crippen LogP contribution in [0.3, 0.4) is 0 Å². The highest BCUT2D eigenvalue weighted by molar-refractivity contribution is 7.80. The van der Waals surface area contributed by atoms with Crippen LogP contribution in [0.2, 0.25) is 0 Å². The van der Waals surface area contributed by atoms with Crippen LogP contribution >= 0.6 is 12.6 Å². The van der Waals surface area contributed by atoms with Crippen LogP contribution in [0.15, 0.2) is 54.6 Å². The van der Waals surface area contributed by atoms with Crippen molar-refractivity contribution in [2.75, 3.05) is 11.1 Å². The van der Waals surface area contributed by atoms with Crippen molar-refractivity contribution < 1.29 is 24.3 Å². The second-order valence-electron chi connectivity index (χ2n) is 7.30. The Labute approximate surface area is 191 Å². The summed E-state index contributed by atoms with van der Waals surface area (Å²) in [7, 11) is 0. The molecule has 7 N–H and O–H groups in total. The number of rotatable bonds is 12. The van der Waals surface area contributed by atoms with Gasteiger partial charge in [-0.05, 0) is 36.2 Å². The molecule has 3 amide bonds. The van der Waals surface area contributed by atoms with Crippen LogP contribution < -0.4 is 22.1 Å². The Morgan fingerprint density at radius 2 is 1.62 bits per heavy atom. The van der Waals surface area contributed by atoms with Crippen LogP contribution in [0, 0.1) is 5.92 Å². The van der Waals surface area contributed by atoms with Crippen molar-refractivity contribution in [2.45, 2.75) is 24.9 Å². The molecule has 0 aliphatic carbocycles. The quantitative estimate of drug-likeness (QED) is 0.206. The summed E-state index contributed by atoms with van der Waals surface area (Å²) in [6.45, 7) is 0. The van der Waals surface area contributed by atoms with E-state index in [0.717, 1.165) is 5.56 Å². The minimum Gasteiger partial charge on any atom is -0.478 e. The molecule has 0 saturated carbocycles. The van der Waals surface area contributed by atoms with Gasteiger partial charge in [-0.3, -0.25) is 14.4 Å². The molecule has 2 aromatic rings. The minimum atomic E-state index is -2.02. The third-order valence-electron chi connectivity index (χ3n) is 4.89. The van der Waals surface area contributed by atoms with Gasteiger partial charge < -0.3 is 27.2 Å². The van der Waals surface area contributed by atoms with Gasteiger partial charge in [-0.25, -0.2) is 4.79 Å². The van der Waals surface area contributed by atoms with E-state index in [2.05, 4.69) is 23.3 Å². The summed E-state index contributed by atoms with van der Waals surface area (Å²) < 4.78 is 0. The molecule has 0 radical (unpaired) electrons. The number of primary amides is 2. The van der Waals surface area contributed by atoms with Gasteiger partial charge >= 0.3 is 5.97 Å². The zero-order valence-electron chi connectivity index (χ0n) is 17.3. The summed E-state index contributed by atoms with van der Waals surface area (Å²) in [4.78, 5) is 48.0. The fraction of sp³-hybridized carbons (Fsp3) is 0.273. The number of carboxylic acids is 1. The summed E-state index contributed by atoms with van der Waals surface area (Å²) in [6.07, 6.45) is -0.232. The van der Waals surface area contributed by atoms with E-state index in [1.54, 1.807) is 0 Å². The van der Waals surface area contributed by atoms with Crippen molar-refractivity contribution in [3.8, 4) is 0 Å². The van der Waals surface area contributed by atoms with Crippen molar-refractivity contribution in [3.63, 3.8) is 0 Å². The maximum atomic E-state index is 13.0. The summed E-state index contributed by atoms with van der Waals surface area (Å²) in [5, 5.41) is 15.3. The first-order valence-corrected chi connectivity index (χ1v) is 10.5. The molecule has 2 aromatic carbocycles. The molecular formula is C22H26N4O5S. The molecule has 32 heavy (non-hydrogen) atoms. The number of aliphatic carboxylic acids is 1. The van der Waals surface area contributed by atoms with Crippen LogP contribution in [0.4, 0.5) is 5.69 Å². The second kappa shape index (κ2) is 11.2. The van der Waals surface area contributed by atoms with E-state index < -0.39 is 35.3 Å². The molecule has 0 saturated heterocycles. The number of carbonyl (C=O) groups excluding carboxylic acids is 3. The highest BCUT2D eigenvalue weighted by atomic mass is 32.1. The maximum Gasteiger partial charge on any atom is 0.350 e.